The van der Waals surface area contributed by atoms with Gasteiger partial charge in [-0.2, -0.15) is 0 Å². The van der Waals surface area contributed by atoms with Crippen LogP contribution in [0, 0.1) is 0 Å². The third kappa shape index (κ3) is 5.07. The molecule has 1 unspecified atom stereocenters. The summed E-state index contributed by atoms with van der Waals surface area (Å²) in [5.74, 6) is 1.32. The van der Waals surface area contributed by atoms with E-state index in [4.69, 9.17) is 9.47 Å². The van der Waals surface area contributed by atoms with E-state index in [0.717, 1.165) is 0 Å². The van der Waals surface area contributed by atoms with E-state index in [2.05, 4.69) is 4.72 Å². The second-order valence-corrected chi connectivity index (χ2v) is 8.09. The Balaban J connectivity index is 1.82. The molecule has 3 aromatic rings. The minimum absolute atomic E-state index is 0.128. The van der Waals surface area contributed by atoms with Gasteiger partial charge in [0, 0.05) is 12.1 Å². The van der Waals surface area contributed by atoms with Gasteiger partial charge in [0.2, 0.25) is 0 Å². The number of benzene rings is 3. The van der Waals surface area contributed by atoms with Gasteiger partial charge in [-0.25, -0.2) is 8.42 Å². The van der Waals surface area contributed by atoms with Gasteiger partial charge in [-0.1, -0.05) is 30.3 Å². The minimum atomic E-state index is -3.82. The molecule has 0 spiro atoms. The van der Waals surface area contributed by atoms with Gasteiger partial charge in [0.25, 0.3) is 10.0 Å². The molecule has 2 N–H and O–H groups in total. The molecule has 6 nitrogen and oxygen atoms in total. The van der Waals surface area contributed by atoms with E-state index < -0.39 is 16.1 Å². The summed E-state index contributed by atoms with van der Waals surface area (Å²) in [6, 6.07) is 20.3. The number of methoxy groups -OCH3 is 2. The Morgan fingerprint density at radius 2 is 1.41 bits per heavy atom. The maximum Gasteiger partial charge on any atom is 0.262 e. The number of aliphatic hydroxyl groups is 1. The lowest BCUT2D eigenvalue weighted by Gasteiger charge is -2.16. The van der Waals surface area contributed by atoms with Crippen molar-refractivity contribution < 1.29 is 23.0 Å². The maximum atomic E-state index is 12.9. The Bertz CT molecular complexity index is 1050. The van der Waals surface area contributed by atoms with Crippen molar-refractivity contribution in [2.75, 3.05) is 18.9 Å². The van der Waals surface area contributed by atoms with Crippen LogP contribution in [0.4, 0.5) is 5.69 Å². The zero-order valence-electron chi connectivity index (χ0n) is 16.2. The second kappa shape index (κ2) is 8.98. The molecule has 152 valence electrons. The average molecular weight is 413 g/mol. The lowest BCUT2D eigenvalue weighted by atomic mass is 10.0. The van der Waals surface area contributed by atoms with E-state index in [9.17, 15) is 13.5 Å². The lowest BCUT2D eigenvalue weighted by Crippen LogP contribution is -2.16. The van der Waals surface area contributed by atoms with Crippen LogP contribution in [0.5, 0.6) is 11.5 Å². The molecule has 0 heterocycles. The van der Waals surface area contributed by atoms with Crippen LogP contribution in [0.3, 0.4) is 0 Å². The van der Waals surface area contributed by atoms with Crippen molar-refractivity contribution in [2.24, 2.45) is 0 Å². The molecule has 0 amide bonds. The van der Waals surface area contributed by atoms with Gasteiger partial charge in [-0.05, 0) is 53.6 Å². The molecule has 0 bridgehead atoms. The van der Waals surface area contributed by atoms with Crippen LogP contribution < -0.4 is 14.2 Å². The molecule has 0 aliphatic rings. The number of aliphatic hydroxyl groups excluding tert-OH is 1. The summed E-state index contributed by atoms with van der Waals surface area (Å²) in [6.07, 6.45) is -0.690. The third-order valence-electron chi connectivity index (χ3n) is 4.52. The van der Waals surface area contributed by atoms with E-state index in [1.807, 2.05) is 0 Å². The third-order valence-corrected chi connectivity index (χ3v) is 6.00. The fourth-order valence-electron chi connectivity index (χ4n) is 2.96. The summed E-state index contributed by atoms with van der Waals surface area (Å²) in [7, 11) is -0.707. The van der Waals surface area contributed by atoms with Gasteiger partial charge in [0.05, 0.1) is 25.2 Å². The van der Waals surface area contributed by atoms with Crippen LogP contribution in [-0.4, -0.2) is 27.7 Å². The number of nitrogens with one attached hydrogen (secondary N) is 1. The molecular weight excluding hydrogens is 390 g/mol. The number of sulfonamides is 1. The molecule has 0 saturated carbocycles. The molecule has 0 radical (unpaired) electrons. The zero-order chi connectivity index (χ0) is 20.9. The fourth-order valence-corrected chi connectivity index (χ4v) is 4.27. The van der Waals surface area contributed by atoms with Gasteiger partial charge in [-0.3, -0.25) is 4.72 Å². The molecule has 0 aromatic heterocycles. The predicted molar refractivity (Wildman–Crippen MR) is 112 cm³/mol. The van der Waals surface area contributed by atoms with Crippen molar-refractivity contribution in [1.29, 1.82) is 0 Å². The van der Waals surface area contributed by atoms with E-state index in [0.29, 0.717) is 28.3 Å². The van der Waals surface area contributed by atoms with Crippen molar-refractivity contribution in [3.05, 3.63) is 83.9 Å². The average Bonchev–Trinajstić information content (AvgIpc) is 2.74. The number of ether oxygens (including phenoxy) is 2. The van der Waals surface area contributed by atoms with Gasteiger partial charge >= 0.3 is 0 Å². The van der Waals surface area contributed by atoms with Gasteiger partial charge in [0.1, 0.15) is 11.5 Å². The first kappa shape index (κ1) is 20.7. The summed E-state index contributed by atoms with van der Waals surface area (Å²) >= 11 is 0. The van der Waals surface area contributed by atoms with Crippen molar-refractivity contribution in [3.8, 4) is 11.5 Å². The first-order chi connectivity index (χ1) is 13.9. The van der Waals surface area contributed by atoms with Crippen LogP contribution in [0.15, 0.2) is 77.7 Å². The van der Waals surface area contributed by atoms with Crippen LogP contribution >= 0.6 is 0 Å². The van der Waals surface area contributed by atoms with Crippen molar-refractivity contribution >= 4 is 15.7 Å². The number of rotatable bonds is 8. The van der Waals surface area contributed by atoms with Crippen molar-refractivity contribution in [1.82, 2.24) is 0 Å². The first-order valence-electron chi connectivity index (χ1n) is 9.00. The van der Waals surface area contributed by atoms with Crippen molar-refractivity contribution in [3.63, 3.8) is 0 Å². The first-order valence-corrected chi connectivity index (χ1v) is 10.5. The van der Waals surface area contributed by atoms with E-state index in [1.165, 1.54) is 6.07 Å². The highest BCUT2D eigenvalue weighted by Crippen LogP contribution is 2.26. The van der Waals surface area contributed by atoms with Gasteiger partial charge < -0.3 is 14.6 Å². The summed E-state index contributed by atoms with van der Waals surface area (Å²) in [6.45, 7) is 0. The molecule has 29 heavy (non-hydrogen) atoms. The largest absolute Gasteiger partial charge is 0.497 e. The van der Waals surface area contributed by atoms with E-state index in [-0.39, 0.29) is 11.3 Å². The maximum absolute atomic E-state index is 12.9. The number of hydrogen-bond donors (Lipinski definition) is 2. The standard InChI is InChI=1S/C22H23NO5S/c1-27-19-11-7-16(8-12-19)21(24)15-17-5-3-4-6-22(17)29(25,26)23-18-9-13-20(28-2)14-10-18/h3-14,21,23-24H,15H2,1-2H3. The molecule has 7 heteroatoms. The Morgan fingerprint density at radius 3 is 2.00 bits per heavy atom. The second-order valence-electron chi connectivity index (χ2n) is 6.43. The monoisotopic (exact) mass is 413 g/mol. The Hall–Kier alpha value is -3.03. The number of hydrogen-bond acceptors (Lipinski definition) is 5. The molecule has 3 aromatic carbocycles. The molecule has 0 saturated heterocycles. The highest BCUT2D eigenvalue weighted by molar-refractivity contribution is 7.92. The zero-order valence-corrected chi connectivity index (χ0v) is 17.0. The molecule has 0 aliphatic heterocycles. The molecular formula is C22H23NO5S. The van der Waals surface area contributed by atoms with Crippen LogP contribution in [-0.2, 0) is 16.4 Å². The van der Waals surface area contributed by atoms with E-state index in [1.54, 1.807) is 80.9 Å². The summed E-state index contributed by atoms with van der Waals surface area (Å²) in [5.41, 5.74) is 1.63. The minimum Gasteiger partial charge on any atom is -0.497 e. The van der Waals surface area contributed by atoms with Gasteiger partial charge in [-0.15, -0.1) is 0 Å². The van der Waals surface area contributed by atoms with Crippen molar-refractivity contribution in [2.45, 2.75) is 17.4 Å². The SMILES string of the molecule is COc1ccc(NS(=O)(=O)c2ccccc2CC(O)c2ccc(OC)cc2)cc1. The number of anilines is 1. The summed E-state index contributed by atoms with van der Waals surface area (Å²) in [4.78, 5) is 0.128. The lowest BCUT2D eigenvalue weighted by molar-refractivity contribution is 0.177. The molecule has 0 fully saturated rings. The Morgan fingerprint density at radius 1 is 0.862 bits per heavy atom. The molecule has 0 aliphatic carbocycles. The van der Waals surface area contributed by atoms with Crippen LogP contribution in [0.2, 0.25) is 0 Å². The molecule has 3 rings (SSSR count). The van der Waals surface area contributed by atoms with Gasteiger partial charge in [0.15, 0.2) is 0 Å². The fraction of sp³-hybridized carbons (Fsp3) is 0.182. The normalized spacial score (nSPS) is 12.2. The quantitative estimate of drug-likeness (QED) is 0.587. The van der Waals surface area contributed by atoms with E-state index >= 15 is 0 Å². The smallest absolute Gasteiger partial charge is 0.262 e. The predicted octanol–water partition coefficient (Wildman–Crippen LogP) is 3.78. The van der Waals surface area contributed by atoms with Crippen LogP contribution in [0.25, 0.3) is 0 Å². The summed E-state index contributed by atoms with van der Waals surface area (Å²) in [5, 5.41) is 10.6. The Kier molecular flexibility index (Phi) is 6.41. The highest BCUT2D eigenvalue weighted by Gasteiger charge is 2.20. The Labute approximate surface area is 170 Å². The molecule has 1 atom stereocenters. The topological polar surface area (TPSA) is 84.9 Å². The summed E-state index contributed by atoms with van der Waals surface area (Å²) < 4.78 is 38.7. The van der Waals surface area contributed by atoms with Crippen LogP contribution in [0.1, 0.15) is 17.2 Å². The highest BCUT2D eigenvalue weighted by atomic mass is 32.2.